The molecule has 1 unspecified atom stereocenters. The summed E-state index contributed by atoms with van der Waals surface area (Å²) in [7, 11) is 0. The Morgan fingerprint density at radius 3 is 2.75 bits per heavy atom. The van der Waals surface area contributed by atoms with E-state index in [0.29, 0.717) is 13.2 Å². The van der Waals surface area contributed by atoms with E-state index in [0.717, 1.165) is 22.1 Å². The number of carbonyl (C=O) groups excluding carboxylic acids is 1. The highest BCUT2D eigenvalue weighted by atomic mass is 35.5. The number of alkyl halides is 1. The van der Waals surface area contributed by atoms with E-state index in [1.807, 2.05) is 43.3 Å². The van der Waals surface area contributed by atoms with Crippen LogP contribution in [0.1, 0.15) is 19.4 Å². The van der Waals surface area contributed by atoms with Crippen LogP contribution in [0.15, 0.2) is 36.4 Å². The second-order valence-electron chi connectivity index (χ2n) is 4.53. The summed E-state index contributed by atoms with van der Waals surface area (Å²) >= 11 is 5.77. The molecule has 1 amide bonds. The minimum Gasteiger partial charge on any atom is -0.494 e. The van der Waals surface area contributed by atoms with Gasteiger partial charge in [0.05, 0.1) is 6.61 Å². The Morgan fingerprint density at radius 1 is 1.30 bits per heavy atom. The topological polar surface area (TPSA) is 38.3 Å². The molecule has 0 aromatic heterocycles. The highest BCUT2D eigenvalue weighted by Crippen LogP contribution is 2.28. The average molecular weight is 292 g/mol. The summed E-state index contributed by atoms with van der Waals surface area (Å²) in [6, 6.07) is 12.0. The molecular weight excluding hydrogens is 274 g/mol. The first-order valence-electron chi connectivity index (χ1n) is 6.68. The predicted molar refractivity (Wildman–Crippen MR) is 82.3 cm³/mol. The summed E-state index contributed by atoms with van der Waals surface area (Å²) < 4.78 is 5.65. The van der Waals surface area contributed by atoms with Crippen LogP contribution in [0.5, 0.6) is 5.75 Å². The summed E-state index contributed by atoms with van der Waals surface area (Å²) in [5.41, 5.74) is 0.982. The quantitative estimate of drug-likeness (QED) is 0.857. The van der Waals surface area contributed by atoms with Crippen molar-refractivity contribution in [3.8, 4) is 5.75 Å². The number of hydrogen-bond donors (Lipinski definition) is 1. The molecule has 0 bridgehead atoms. The molecule has 0 aliphatic carbocycles. The number of carbonyl (C=O) groups is 1. The SMILES string of the molecule is CCOc1ccc2ccccc2c1CNC(=O)C(C)Cl. The summed E-state index contributed by atoms with van der Waals surface area (Å²) in [6.07, 6.45) is 0. The van der Waals surface area contributed by atoms with Crippen LogP contribution in [0, 0.1) is 0 Å². The first-order valence-corrected chi connectivity index (χ1v) is 7.12. The van der Waals surface area contributed by atoms with E-state index < -0.39 is 5.38 Å². The summed E-state index contributed by atoms with van der Waals surface area (Å²) in [5, 5.41) is 4.51. The zero-order chi connectivity index (χ0) is 14.5. The monoisotopic (exact) mass is 291 g/mol. The number of halogens is 1. The third-order valence-electron chi connectivity index (χ3n) is 3.10. The van der Waals surface area contributed by atoms with E-state index >= 15 is 0 Å². The number of amides is 1. The van der Waals surface area contributed by atoms with Crippen molar-refractivity contribution >= 4 is 28.3 Å². The molecular formula is C16H18ClNO2. The van der Waals surface area contributed by atoms with Crippen LogP contribution >= 0.6 is 11.6 Å². The van der Waals surface area contributed by atoms with Crippen molar-refractivity contribution in [2.24, 2.45) is 0 Å². The van der Waals surface area contributed by atoms with Crippen LogP contribution in [-0.2, 0) is 11.3 Å². The molecule has 0 radical (unpaired) electrons. The van der Waals surface area contributed by atoms with Gasteiger partial charge in [-0.15, -0.1) is 11.6 Å². The maximum absolute atomic E-state index is 11.6. The Labute approximate surface area is 123 Å². The highest BCUT2D eigenvalue weighted by Gasteiger charge is 2.12. The van der Waals surface area contributed by atoms with Gasteiger partial charge in [0, 0.05) is 12.1 Å². The molecule has 1 N–H and O–H groups in total. The van der Waals surface area contributed by atoms with Crippen LogP contribution in [0.2, 0.25) is 0 Å². The lowest BCUT2D eigenvalue weighted by Gasteiger charge is -2.14. The minimum atomic E-state index is -0.541. The Morgan fingerprint density at radius 2 is 2.05 bits per heavy atom. The molecule has 0 saturated carbocycles. The number of benzene rings is 2. The fraction of sp³-hybridized carbons (Fsp3) is 0.312. The van der Waals surface area contributed by atoms with Gasteiger partial charge in [0.15, 0.2) is 0 Å². The lowest BCUT2D eigenvalue weighted by molar-refractivity contribution is -0.120. The Balaban J connectivity index is 2.36. The lowest BCUT2D eigenvalue weighted by atomic mass is 10.0. The molecule has 2 aromatic rings. The third-order valence-corrected chi connectivity index (χ3v) is 3.30. The van der Waals surface area contributed by atoms with Crippen LogP contribution < -0.4 is 10.1 Å². The van der Waals surface area contributed by atoms with Crippen molar-refractivity contribution in [3.63, 3.8) is 0 Å². The molecule has 0 aliphatic heterocycles. The molecule has 2 aromatic carbocycles. The van der Waals surface area contributed by atoms with Crippen LogP contribution in [-0.4, -0.2) is 17.9 Å². The number of hydrogen-bond acceptors (Lipinski definition) is 2. The fourth-order valence-electron chi connectivity index (χ4n) is 2.11. The van der Waals surface area contributed by atoms with E-state index in [4.69, 9.17) is 16.3 Å². The smallest absolute Gasteiger partial charge is 0.238 e. The van der Waals surface area contributed by atoms with E-state index in [2.05, 4.69) is 5.32 Å². The predicted octanol–water partition coefficient (Wildman–Crippen LogP) is 3.48. The van der Waals surface area contributed by atoms with Gasteiger partial charge >= 0.3 is 0 Å². The summed E-state index contributed by atoms with van der Waals surface area (Å²) in [5.74, 6) is 0.621. The Kier molecular flexibility index (Phi) is 4.85. The zero-order valence-corrected chi connectivity index (χ0v) is 12.4. The van der Waals surface area contributed by atoms with E-state index in [-0.39, 0.29) is 5.91 Å². The molecule has 0 saturated heterocycles. The van der Waals surface area contributed by atoms with Crippen LogP contribution in [0.3, 0.4) is 0 Å². The molecule has 1 atom stereocenters. The standard InChI is InChI=1S/C16H18ClNO2/c1-3-20-15-9-8-12-6-4-5-7-13(12)14(15)10-18-16(19)11(2)17/h4-9,11H,3,10H2,1-2H3,(H,18,19). The normalized spacial score (nSPS) is 12.2. The Hall–Kier alpha value is -1.74. The second-order valence-corrected chi connectivity index (χ2v) is 5.18. The first-order chi connectivity index (χ1) is 9.63. The van der Waals surface area contributed by atoms with Gasteiger partial charge in [0.2, 0.25) is 5.91 Å². The second kappa shape index (κ2) is 6.62. The number of ether oxygens (including phenoxy) is 1. The van der Waals surface area contributed by atoms with Crippen molar-refractivity contribution in [2.45, 2.75) is 25.8 Å². The third kappa shape index (κ3) is 3.23. The first kappa shape index (κ1) is 14.7. The lowest BCUT2D eigenvalue weighted by Crippen LogP contribution is -2.29. The zero-order valence-electron chi connectivity index (χ0n) is 11.7. The number of fused-ring (bicyclic) bond motifs is 1. The van der Waals surface area contributed by atoms with Gasteiger partial charge in [-0.1, -0.05) is 30.3 Å². The number of nitrogens with one attached hydrogen (secondary N) is 1. The molecule has 3 nitrogen and oxygen atoms in total. The average Bonchev–Trinajstić information content (AvgIpc) is 2.45. The van der Waals surface area contributed by atoms with Gasteiger partial charge in [-0.25, -0.2) is 0 Å². The van der Waals surface area contributed by atoms with E-state index in [9.17, 15) is 4.79 Å². The molecule has 0 aliphatic rings. The highest BCUT2D eigenvalue weighted by molar-refractivity contribution is 6.30. The van der Waals surface area contributed by atoms with Crippen molar-refractivity contribution in [3.05, 3.63) is 42.0 Å². The molecule has 0 heterocycles. The largest absolute Gasteiger partial charge is 0.494 e. The van der Waals surface area contributed by atoms with Crippen molar-refractivity contribution in [1.29, 1.82) is 0 Å². The molecule has 106 valence electrons. The maximum atomic E-state index is 11.6. The van der Waals surface area contributed by atoms with Gasteiger partial charge < -0.3 is 10.1 Å². The Bertz CT molecular complexity index is 610. The van der Waals surface area contributed by atoms with E-state index in [1.54, 1.807) is 6.92 Å². The molecule has 0 spiro atoms. The molecule has 0 fully saturated rings. The fourth-order valence-corrected chi connectivity index (χ4v) is 2.18. The number of rotatable bonds is 5. The molecule has 2 rings (SSSR count). The van der Waals surface area contributed by atoms with Gasteiger partial charge in [-0.05, 0) is 30.7 Å². The van der Waals surface area contributed by atoms with Gasteiger partial charge in [-0.3, -0.25) is 4.79 Å². The van der Waals surface area contributed by atoms with Gasteiger partial charge in [0.25, 0.3) is 0 Å². The summed E-state index contributed by atoms with van der Waals surface area (Å²) in [6.45, 7) is 4.60. The van der Waals surface area contributed by atoms with Crippen LogP contribution in [0.25, 0.3) is 10.8 Å². The van der Waals surface area contributed by atoms with Crippen molar-refractivity contribution in [1.82, 2.24) is 5.32 Å². The van der Waals surface area contributed by atoms with E-state index in [1.165, 1.54) is 0 Å². The van der Waals surface area contributed by atoms with Gasteiger partial charge in [0.1, 0.15) is 11.1 Å². The minimum absolute atomic E-state index is 0.179. The summed E-state index contributed by atoms with van der Waals surface area (Å²) in [4.78, 5) is 11.6. The van der Waals surface area contributed by atoms with Crippen LogP contribution in [0.4, 0.5) is 0 Å². The van der Waals surface area contributed by atoms with Crippen molar-refractivity contribution < 1.29 is 9.53 Å². The van der Waals surface area contributed by atoms with Crippen molar-refractivity contribution in [2.75, 3.05) is 6.61 Å². The van der Waals surface area contributed by atoms with Gasteiger partial charge in [-0.2, -0.15) is 0 Å². The maximum Gasteiger partial charge on any atom is 0.238 e. The molecule has 4 heteroatoms. The molecule has 20 heavy (non-hydrogen) atoms.